The van der Waals surface area contributed by atoms with Gasteiger partial charge in [-0.3, -0.25) is 9.59 Å². The van der Waals surface area contributed by atoms with Crippen LogP contribution in [0.2, 0.25) is 0 Å². The van der Waals surface area contributed by atoms with Crippen molar-refractivity contribution >= 4 is 27.7 Å². The Bertz CT molecular complexity index is 1870. The Morgan fingerprint density at radius 3 is 2.33 bits per heavy atom. The first-order valence-corrected chi connectivity index (χ1v) is 14.7. The highest BCUT2D eigenvalue weighted by Crippen LogP contribution is 2.39. The summed E-state index contributed by atoms with van der Waals surface area (Å²) in [5.74, 6) is -1.55. The molecule has 1 amide bonds. The van der Waals surface area contributed by atoms with Gasteiger partial charge in [0, 0.05) is 35.3 Å². The molecule has 212 valence electrons. The molecule has 9 nitrogen and oxygen atoms in total. The van der Waals surface area contributed by atoms with Gasteiger partial charge in [-0.1, -0.05) is 54.6 Å². The maximum atomic E-state index is 13.5. The zero-order chi connectivity index (χ0) is 29.6. The summed E-state index contributed by atoms with van der Waals surface area (Å²) in [5, 5.41) is 12.7. The van der Waals surface area contributed by atoms with Gasteiger partial charge in [0.25, 0.3) is 5.91 Å². The third kappa shape index (κ3) is 4.64. The molecule has 10 heteroatoms. The van der Waals surface area contributed by atoms with E-state index < -0.39 is 27.9 Å². The highest BCUT2D eigenvalue weighted by molar-refractivity contribution is 7.89. The van der Waals surface area contributed by atoms with Crippen molar-refractivity contribution in [1.29, 1.82) is 0 Å². The Hall–Kier alpha value is -4.80. The summed E-state index contributed by atoms with van der Waals surface area (Å²) in [5.41, 5.74) is 4.07. The molecule has 0 aromatic heterocycles. The molecule has 6 rings (SSSR count). The number of sulfonamides is 1. The fourth-order valence-corrected chi connectivity index (χ4v) is 7.01. The highest BCUT2D eigenvalue weighted by Gasteiger charge is 2.33. The molecule has 1 aliphatic carbocycles. The summed E-state index contributed by atoms with van der Waals surface area (Å²) in [6.07, 6.45) is 0.457. The number of ketones is 1. The molecule has 1 atom stereocenters. The molecule has 0 unspecified atom stereocenters. The van der Waals surface area contributed by atoms with Crippen molar-refractivity contribution in [2.75, 3.05) is 13.7 Å². The Kier molecular flexibility index (Phi) is 6.88. The van der Waals surface area contributed by atoms with E-state index in [-0.39, 0.29) is 29.3 Å². The van der Waals surface area contributed by atoms with E-state index in [4.69, 9.17) is 4.74 Å². The number of nitrogens with one attached hydrogen (secondary N) is 1. The van der Waals surface area contributed by atoms with Crippen molar-refractivity contribution < 1.29 is 32.6 Å². The first kappa shape index (κ1) is 27.4. The number of rotatable bonds is 7. The van der Waals surface area contributed by atoms with Crippen molar-refractivity contribution in [1.82, 2.24) is 9.62 Å². The van der Waals surface area contributed by atoms with Crippen LogP contribution in [0.4, 0.5) is 0 Å². The summed E-state index contributed by atoms with van der Waals surface area (Å²) in [4.78, 5) is 38.9. The van der Waals surface area contributed by atoms with E-state index in [0.29, 0.717) is 45.6 Å². The van der Waals surface area contributed by atoms with Gasteiger partial charge < -0.3 is 15.2 Å². The Labute approximate surface area is 242 Å². The van der Waals surface area contributed by atoms with Crippen LogP contribution in [0, 0.1) is 0 Å². The standard InChI is InChI=1S/C32H26N2O7S/c1-41-22-11-13-23(14-12-22)42(39,40)34-16-15-19-9-10-20(17-21(19)18-34)29(32(37)38)33-31(36)27-8-4-7-26-28(27)24-5-2-3-6-25(24)30(26)35/h2-14,17,29H,15-16,18H2,1H3,(H,33,36)(H,37,38)/t29-/m1/s1. The van der Waals surface area contributed by atoms with Crippen LogP contribution >= 0.6 is 0 Å². The number of carbonyl (C=O) groups is 3. The molecule has 2 N–H and O–H groups in total. The lowest BCUT2D eigenvalue weighted by Crippen LogP contribution is -2.37. The normalized spacial score (nSPS) is 14.8. The molecule has 0 spiro atoms. The summed E-state index contributed by atoms with van der Waals surface area (Å²) >= 11 is 0. The van der Waals surface area contributed by atoms with E-state index in [1.165, 1.54) is 23.5 Å². The minimum Gasteiger partial charge on any atom is -0.497 e. The lowest BCUT2D eigenvalue weighted by molar-refractivity contribution is -0.139. The number of hydrogen-bond donors (Lipinski definition) is 2. The maximum absolute atomic E-state index is 13.5. The fraction of sp³-hybridized carbons (Fsp3) is 0.156. The summed E-state index contributed by atoms with van der Waals surface area (Å²) < 4.78 is 33.2. The van der Waals surface area contributed by atoms with Crippen molar-refractivity contribution in [3.63, 3.8) is 0 Å². The molecule has 2 aliphatic rings. The van der Waals surface area contributed by atoms with Crippen LogP contribution in [-0.4, -0.2) is 49.1 Å². The highest BCUT2D eigenvalue weighted by atomic mass is 32.2. The van der Waals surface area contributed by atoms with Gasteiger partial charge in [-0.2, -0.15) is 4.31 Å². The zero-order valence-electron chi connectivity index (χ0n) is 22.5. The molecule has 0 saturated carbocycles. The number of benzene rings is 4. The van der Waals surface area contributed by atoms with E-state index in [2.05, 4.69) is 5.32 Å². The fourth-order valence-electron chi connectivity index (χ4n) is 5.59. The number of aliphatic carboxylic acids is 1. The van der Waals surface area contributed by atoms with Crippen LogP contribution in [0.5, 0.6) is 5.75 Å². The van der Waals surface area contributed by atoms with E-state index in [9.17, 15) is 27.9 Å². The van der Waals surface area contributed by atoms with Crippen molar-refractivity contribution in [3.05, 3.63) is 118 Å². The zero-order valence-corrected chi connectivity index (χ0v) is 23.4. The minimum atomic E-state index is -3.80. The lowest BCUT2D eigenvalue weighted by Gasteiger charge is -2.29. The first-order chi connectivity index (χ1) is 20.2. The first-order valence-electron chi connectivity index (χ1n) is 13.3. The number of fused-ring (bicyclic) bond motifs is 4. The average Bonchev–Trinajstić information content (AvgIpc) is 3.31. The SMILES string of the molecule is COc1ccc(S(=O)(=O)N2CCc3ccc([C@@H](NC(=O)c4cccc5c4-c4ccccc4C5=O)C(=O)O)cc3C2)cc1. The molecule has 0 saturated heterocycles. The minimum absolute atomic E-state index is 0.0584. The number of amides is 1. The van der Waals surface area contributed by atoms with Crippen LogP contribution in [0.3, 0.4) is 0 Å². The summed E-state index contributed by atoms with van der Waals surface area (Å²) in [6.45, 7) is 0.335. The van der Waals surface area contributed by atoms with Gasteiger partial charge in [0.2, 0.25) is 10.0 Å². The molecular weight excluding hydrogens is 556 g/mol. The lowest BCUT2D eigenvalue weighted by atomic mass is 9.95. The second-order valence-electron chi connectivity index (χ2n) is 10.1. The summed E-state index contributed by atoms with van der Waals surface area (Å²) in [7, 11) is -2.30. The molecule has 1 aliphatic heterocycles. The number of carboxylic acid groups (broad SMARTS) is 1. The van der Waals surface area contributed by atoms with Gasteiger partial charge in [0.15, 0.2) is 11.8 Å². The van der Waals surface area contributed by atoms with E-state index in [0.717, 1.165) is 5.56 Å². The third-order valence-corrected chi connectivity index (χ3v) is 9.61. The Balaban J connectivity index is 1.28. The van der Waals surface area contributed by atoms with E-state index >= 15 is 0 Å². The molecular formula is C32H26N2O7S. The Morgan fingerprint density at radius 2 is 1.62 bits per heavy atom. The molecule has 0 fully saturated rings. The van der Waals surface area contributed by atoms with Gasteiger partial charge in [0.1, 0.15) is 5.75 Å². The Morgan fingerprint density at radius 1 is 0.905 bits per heavy atom. The smallest absolute Gasteiger partial charge is 0.330 e. The number of carbonyl (C=O) groups excluding carboxylic acids is 2. The predicted octanol–water partition coefficient (Wildman–Crippen LogP) is 4.21. The number of nitrogens with zero attached hydrogens (tertiary/aromatic N) is 1. The molecule has 4 aromatic rings. The number of carboxylic acids is 1. The monoisotopic (exact) mass is 582 g/mol. The molecule has 4 aromatic carbocycles. The number of ether oxygens (including phenoxy) is 1. The maximum Gasteiger partial charge on any atom is 0.330 e. The van der Waals surface area contributed by atoms with Gasteiger partial charge in [-0.05, 0) is 59.0 Å². The third-order valence-electron chi connectivity index (χ3n) is 7.76. The van der Waals surface area contributed by atoms with E-state index in [1.54, 1.807) is 72.8 Å². The van der Waals surface area contributed by atoms with Crippen LogP contribution in [-0.2, 0) is 27.8 Å². The van der Waals surface area contributed by atoms with Gasteiger partial charge >= 0.3 is 5.97 Å². The van der Waals surface area contributed by atoms with Crippen LogP contribution in [0.25, 0.3) is 11.1 Å². The number of hydrogen-bond acceptors (Lipinski definition) is 6. The van der Waals surface area contributed by atoms with Gasteiger partial charge in [-0.15, -0.1) is 0 Å². The second-order valence-corrected chi connectivity index (χ2v) is 12.1. The van der Waals surface area contributed by atoms with Crippen molar-refractivity contribution in [2.24, 2.45) is 0 Å². The van der Waals surface area contributed by atoms with Gasteiger partial charge in [-0.25, -0.2) is 13.2 Å². The molecule has 0 bridgehead atoms. The summed E-state index contributed by atoms with van der Waals surface area (Å²) in [6, 6.07) is 21.6. The van der Waals surface area contributed by atoms with Crippen molar-refractivity contribution in [3.8, 4) is 16.9 Å². The second kappa shape index (κ2) is 10.6. The molecule has 1 heterocycles. The van der Waals surface area contributed by atoms with Crippen LogP contribution in [0.15, 0.2) is 89.8 Å². The average molecular weight is 583 g/mol. The predicted molar refractivity (Wildman–Crippen MR) is 154 cm³/mol. The van der Waals surface area contributed by atoms with Crippen molar-refractivity contribution in [2.45, 2.75) is 23.9 Å². The number of methoxy groups -OCH3 is 1. The van der Waals surface area contributed by atoms with Crippen LogP contribution < -0.4 is 10.1 Å². The topological polar surface area (TPSA) is 130 Å². The van der Waals surface area contributed by atoms with Gasteiger partial charge in [0.05, 0.1) is 12.0 Å². The van der Waals surface area contributed by atoms with E-state index in [1.807, 2.05) is 0 Å². The largest absolute Gasteiger partial charge is 0.497 e. The molecule has 0 radical (unpaired) electrons. The molecule has 42 heavy (non-hydrogen) atoms. The van der Waals surface area contributed by atoms with Crippen LogP contribution in [0.1, 0.15) is 49.0 Å². The quantitative estimate of drug-likeness (QED) is 0.294.